The summed E-state index contributed by atoms with van der Waals surface area (Å²) in [4.78, 5) is 0. The molecule has 25 heavy (non-hydrogen) atoms. The van der Waals surface area contributed by atoms with E-state index in [1.165, 1.54) is 30.0 Å². The molecule has 0 amide bonds. The van der Waals surface area contributed by atoms with E-state index in [9.17, 15) is 17.6 Å². The maximum absolute atomic E-state index is 12.9. The van der Waals surface area contributed by atoms with Gasteiger partial charge in [-0.2, -0.15) is 13.2 Å². The number of hydrogen-bond acceptors (Lipinski definition) is 3. The third kappa shape index (κ3) is 4.57. The molecule has 7 heteroatoms. The Morgan fingerprint density at radius 2 is 1.64 bits per heavy atom. The fourth-order valence-electron chi connectivity index (χ4n) is 2.17. The average Bonchev–Trinajstić information content (AvgIpc) is 2.61. The molecule has 0 aliphatic heterocycles. The van der Waals surface area contributed by atoms with Crippen LogP contribution in [0.5, 0.6) is 0 Å². The molecule has 0 unspecified atom stereocenters. The molecule has 0 saturated heterocycles. The molecule has 0 saturated carbocycles. The zero-order chi connectivity index (χ0) is 17.9. The molecule has 0 bridgehead atoms. The van der Waals surface area contributed by atoms with Gasteiger partial charge in [-0.3, -0.25) is 0 Å². The number of halogens is 4. The van der Waals surface area contributed by atoms with Gasteiger partial charge in [-0.25, -0.2) is 4.39 Å². The summed E-state index contributed by atoms with van der Waals surface area (Å²) in [5.74, 6) is 0.0269. The molecule has 0 fully saturated rings. The summed E-state index contributed by atoms with van der Waals surface area (Å²) < 4.78 is 51.0. The lowest BCUT2D eigenvalue weighted by molar-refractivity contribution is -0.137. The van der Waals surface area contributed by atoms with Crippen LogP contribution in [0.15, 0.2) is 65.7 Å². The minimum absolute atomic E-state index is 0.329. The highest BCUT2D eigenvalue weighted by molar-refractivity contribution is 7.98. The number of aromatic nitrogens is 2. The van der Waals surface area contributed by atoms with E-state index in [-0.39, 0.29) is 5.82 Å². The van der Waals surface area contributed by atoms with Crippen molar-refractivity contribution in [3.63, 3.8) is 0 Å². The third-order valence-electron chi connectivity index (χ3n) is 3.42. The van der Waals surface area contributed by atoms with E-state index in [0.29, 0.717) is 22.0 Å². The van der Waals surface area contributed by atoms with Gasteiger partial charge in [-0.1, -0.05) is 30.0 Å². The number of thioether (sulfide) groups is 1. The van der Waals surface area contributed by atoms with Crippen LogP contribution in [0.3, 0.4) is 0 Å². The monoisotopic (exact) mass is 364 g/mol. The van der Waals surface area contributed by atoms with Crippen LogP contribution in [0.4, 0.5) is 17.6 Å². The fourth-order valence-corrected chi connectivity index (χ4v) is 2.92. The topological polar surface area (TPSA) is 25.8 Å². The lowest BCUT2D eigenvalue weighted by Gasteiger charge is -2.08. The number of hydrogen-bond donors (Lipinski definition) is 0. The van der Waals surface area contributed by atoms with Crippen LogP contribution in [0, 0.1) is 5.82 Å². The maximum atomic E-state index is 12.9. The van der Waals surface area contributed by atoms with Crippen molar-refractivity contribution >= 4 is 11.8 Å². The molecule has 2 aromatic carbocycles. The van der Waals surface area contributed by atoms with Crippen LogP contribution in [-0.2, 0) is 11.9 Å². The third-order valence-corrected chi connectivity index (χ3v) is 4.41. The van der Waals surface area contributed by atoms with E-state index in [2.05, 4.69) is 10.2 Å². The van der Waals surface area contributed by atoms with Crippen LogP contribution < -0.4 is 0 Å². The standard InChI is InChI=1S/C18H12F4N2S/c19-15-6-4-13(5-7-15)16-8-9-17(24-23-16)25-11-12-2-1-3-14(10-12)18(20,21)22/h1-10H,11H2. The number of rotatable bonds is 4. The summed E-state index contributed by atoms with van der Waals surface area (Å²) in [6.45, 7) is 0. The van der Waals surface area contributed by atoms with Gasteiger partial charge in [0.1, 0.15) is 10.8 Å². The Morgan fingerprint density at radius 1 is 0.880 bits per heavy atom. The van der Waals surface area contributed by atoms with E-state index < -0.39 is 11.7 Å². The predicted molar refractivity (Wildman–Crippen MR) is 88.4 cm³/mol. The van der Waals surface area contributed by atoms with E-state index in [4.69, 9.17) is 0 Å². The molecular weight excluding hydrogens is 352 g/mol. The Balaban J connectivity index is 1.67. The van der Waals surface area contributed by atoms with Crippen molar-refractivity contribution in [2.75, 3.05) is 0 Å². The van der Waals surface area contributed by atoms with E-state index in [1.807, 2.05) is 0 Å². The Bertz CT molecular complexity index is 846. The molecule has 128 valence electrons. The van der Waals surface area contributed by atoms with Crippen LogP contribution in [0.2, 0.25) is 0 Å². The van der Waals surface area contributed by atoms with Gasteiger partial charge < -0.3 is 0 Å². The van der Waals surface area contributed by atoms with Crippen molar-refractivity contribution in [1.82, 2.24) is 10.2 Å². The first-order valence-corrected chi connectivity index (χ1v) is 8.29. The van der Waals surface area contributed by atoms with E-state index in [1.54, 1.807) is 30.3 Å². The molecule has 0 N–H and O–H groups in total. The maximum Gasteiger partial charge on any atom is 0.416 e. The number of alkyl halides is 3. The Morgan fingerprint density at radius 3 is 2.28 bits per heavy atom. The smallest absolute Gasteiger partial charge is 0.207 e. The van der Waals surface area contributed by atoms with Crippen molar-refractivity contribution in [3.05, 3.63) is 77.6 Å². The van der Waals surface area contributed by atoms with E-state index in [0.717, 1.165) is 17.7 Å². The van der Waals surface area contributed by atoms with Gasteiger partial charge in [0.15, 0.2) is 0 Å². The van der Waals surface area contributed by atoms with Gasteiger partial charge in [0.25, 0.3) is 0 Å². The Labute approximate surface area is 145 Å². The van der Waals surface area contributed by atoms with Crippen LogP contribution in [0.1, 0.15) is 11.1 Å². The molecule has 2 nitrogen and oxygen atoms in total. The highest BCUT2D eigenvalue weighted by Gasteiger charge is 2.30. The first-order valence-electron chi connectivity index (χ1n) is 7.30. The quantitative estimate of drug-likeness (QED) is 0.446. The fraction of sp³-hybridized carbons (Fsp3) is 0.111. The molecule has 0 radical (unpaired) electrons. The largest absolute Gasteiger partial charge is 0.416 e. The molecule has 1 heterocycles. The molecule has 3 rings (SSSR count). The highest BCUT2D eigenvalue weighted by atomic mass is 32.2. The zero-order valence-corrected chi connectivity index (χ0v) is 13.6. The summed E-state index contributed by atoms with van der Waals surface area (Å²) in [5, 5.41) is 8.74. The molecule has 0 aliphatic rings. The van der Waals surface area contributed by atoms with Gasteiger partial charge in [0.2, 0.25) is 0 Å². The molecule has 0 spiro atoms. The van der Waals surface area contributed by atoms with Crippen LogP contribution in [0.25, 0.3) is 11.3 Å². The van der Waals surface area contributed by atoms with Crippen molar-refractivity contribution in [2.45, 2.75) is 17.0 Å². The lowest BCUT2D eigenvalue weighted by atomic mass is 10.1. The van der Waals surface area contributed by atoms with Crippen molar-refractivity contribution in [3.8, 4) is 11.3 Å². The van der Waals surface area contributed by atoms with Crippen molar-refractivity contribution in [2.24, 2.45) is 0 Å². The molecule has 1 aromatic heterocycles. The second-order valence-corrected chi connectivity index (χ2v) is 6.25. The van der Waals surface area contributed by atoms with Gasteiger partial charge in [0.05, 0.1) is 11.3 Å². The molecule has 0 aliphatic carbocycles. The van der Waals surface area contributed by atoms with Crippen molar-refractivity contribution < 1.29 is 17.6 Å². The van der Waals surface area contributed by atoms with E-state index >= 15 is 0 Å². The second kappa shape index (κ2) is 7.23. The van der Waals surface area contributed by atoms with Gasteiger partial charge >= 0.3 is 6.18 Å². The second-order valence-electron chi connectivity index (χ2n) is 5.25. The zero-order valence-electron chi connectivity index (χ0n) is 12.8. The molecule has 0 atom stereocenters. The predicted octanol–water partition coefficient (Wildman–Crippen LogP) is 5.59. The number of nitrogens with zero attached hydrogens (tertiary/aromatic N) is 2. The Hall–Kier alpha value is -2.41. The average molecular weight is 364 g/mol. The van der Waals surface area contributed by atoms with Crippen LogP contribution in [-0.4, -0.2) is 10.2 Å². The summed E-state index contributed by atoms with van der Waals surface area (Å²) in [6.07, 6.45) is -4.35. The van der Waals surface area contributed by atoms with Crippen molar-refractivity contribution in [1.29, 1.82) is 0 Å². The Kier molecular flexibility index (Phi) is 5.03. The normalized spacial score (nSPS) is 11.5. The summed E-state index contributed by atoms with van der Waals surface area (Å²) in [5.41, 5.74) is 1.24. The minimum Gasteiger partial charge on any atom is -0.207 e. The van der Waals surface area contributed by atoms with Gasteiger partial charge in [-0.15, -0.1) is 10.2 Å². The van der Waals surface area contributed by atoms with Gasteiger partial charge in [0, 0.05) is 11.3 Å². The SMILES string of the molecule is Fc1ccc(-c2ccc(SCc3cccc(C(F)(F)F)c3)nn2)cc1. The summed E-state index contributed by atoms with van der Waals surface area (Å²) >= 11 is 1.30. The number of benzene rings is 2. The molecule has 3 aromatic rings. The first kappa shape index (κ1) is 17.4. The molecular formula is C18H12F4N2S. The van der Waals surface area contributed by atoms with Crippen LogP contribution >= 0.6 is 11.8 Å². The summed E-state index contributed by atoms with van der Waals surface area (Å²) in [7, 11) is 0. The first-order chi connectivity index (χ1) is 11.9. The minimum atomic E-state index is -4.35. The highest BCUT2D eigenvalue weighted by Crippen LogP contribution is 2.31. The summed E-state index contributed by atoms with van der Waals surface area (Å²) in [6, 6.07) is 14.6. The lowest BCUT2D eigenvalue weighted by Crippen LogP contribution is -2.04. The van der Waals surface area contributed by atoms with Gasteiger partial charge in [-0.05, 0) is 48.0 Å².